The summed E-state index contributed by atoms with van der Waals surface area (Å²) in [6, 6.07) is 11.1. The summed E-state index contributed by atoms with van der Waals surface area (Å²) in [6.07, 6.45) is 6.34. The molecule has 10 heteroatoms. The number of benzene rings is 2. The number of aromatic amines is 1. The van der Waals surface area contributed by atoms with E-state index in [1.807, 2.05) is 38.1 Å². The molecule has 2 atom stereocenters. The molecule has 2 amide bonds. The van der Waals surface area contributed by atoms with E-state index in [1.54, 1.807) is 32.4 Å². The monoisotopic (exact) mass is 616 g/mol. The predicted molar refractivity (Wildman–Crippen MR) is 173 cm³/mol. The molecule has 0 radical (unpaired) electrons. The van der Waals surface area contributed by atoms with Crippen molar-refractivity contribution in [3.8, 4) is 11.5 Å². The normalized spacial score (nSPS) is 19.8. The molecule has 1 aromatic heterocycles. The van der Waals surface area contributed by atoms with Crippen molar-refractivity contribution in [2.24, 2.45) is 0 Å². The molecule has 9 nitrogen and oxygen atoms in total. The van der Waals surface area contributed by atoms with Gasteiger partial charge in [-0.05, 0) is 100 Å². The van der Waals surface area contributed by atoms with E-state index >= 15 is 0 Å². The van der Waals surface area contributed by atoms with Gasteiger partial charge >= 0.3 is 0 Å². The summed E-state index contributed by atoms with van der Waals surface area (Å²) in [5.74, 6) is 1.36. The molecule has 0 bridgehead atoms. The topological polar surface area (TPSA) is 104 Å². The highest BCUT2D eigenvalue weighted by atomic mass is 32.2. The first-order chi connectivity index (χ1) is 21.2. The molecule has 2 saturated heterocycles. The number of nitrogens with zero attached hydrogens (tertiary/aromatic N) is 2. The van der Waals surface area contributed by atoms with Crippen LogP contribution < -0.4 is 14.8 Å². The molecule has 2 N–H and O–H groups in total. The Labute approximate surface area is 261 Å². The Morgan fingerprint density at radius 2 is 1.75 bits per heavy atom. The standard InChI is InChI=1S/C34H40N4O5S/c1-21-31(35-22(2)32(21)34(40)38-13-7-8-24(38)19-37-11-5-6-12-37)18-29-28-17-27(9-10-30(28)36-33(29)39)44(41)20-23-14-25(42-3)16-26(15-23)43-4/h9-10,14-18,24,35H,5-8,11-13,19-20H2,1-4H3,(H,36,39)/t24-,44?/m1/s1. The summed E-state index contributed by atoms with van der Waals surface area (Å²) < 4.78 is 24.2. The van der Waals surface area contributed by atoms with Crippen LogP contribution in [-0.4, -0.2) is 77.2 Å². The first kappa shape index (κ1) is 30.1. The van der Waals surface area contributed by atoms with Gasteiger partial charge < -0.3 is 29.6 Å². The Morgan fingerprint density at radius 1 is 1.02 bits per heavy atom. The number of ether oxygens (including phenoxy) is 2. The number of methoxy groups -OCH3 is 2. The van der Waals surface area contributed by atoms with E-state index < -0.39 is 10.8 Å². The summed E-state index contributed by atoms with van der Waals surface area (Å²) in [7, 11) is 1.79. The quantitative estimate of drug-likeness (QED) is 0.323. The fourth-order valence-corrected chi connectivity index (χ4v) is 7.83. The van der Waals surface area contributed by atoms with Gasteiger partial charge in [-0.3, -0.25) is 13.8 Å². The molecule has 0 saturated carbocycles. The molecule has 6 rings (SSSR count). The van der Waals surface area contributed by atoms with Crippen LogP contribution >= 0.6 is 0 Å². The van der Waals surface area contributed by atoms with Gasteiger partial charge in [0.25, 0.3) is 11.8 Å². The Kier molecular flexibility index (Phi) is 8.64. The van der Waals surface area contributed by atoms with Crippen LogP contribution in [0.5, 0.6) is 11.5 Å². The third-order valence-electron chi connectivity index (χ3n) is 9.03. The van der Waals surface area contributed by atoms with Gasteiger partial charge in [-0.1, -0.05) is 0 Å². The minimum absolute atomic E-state index is 0.0609. The third kappa shape index (κ3) is 5.93. The predicted octanol–water partition coefficient (Wildman–Crippen LogP) is 5.15. The van der Waals surface area contributed by atoms with Crippen LogP contribution in [0.3, 0.4) is 0 Å². The highest BCUT2D eigenvalue weighted by Crippen LogP contribution is 2.36. The average Bonchev–Trinajstić information content (AvgIpc) is 3.81. The Balaban J connectivity index is 1.25. The van der Waals surface area contributed by atoms with Crippen LogP contribution in [0.4, 0.5) is 5.69 Å². The van der Waals surface area contributed by atoms with E-state index in [0.29, 0.717) is 38.8 Å². The molecule has 2 fully saturated rings. The molecular weight excluding hydrogens is 576 g/mol. The Morgan fingerprint density at radius 3 is 2.45 bits per heavy atom. The number of carbonyl (C=O) groups excluding carboxylic acids is 2. The van der Waals surface area contributed by atoms with Gasteiger partial charge in [0.1, 0.15) is 11.5 Å². The maximum absolute atomic E-state index is 13.9. The van der Waals surface area contributed by atoms with Gasteiger partial charge in [-0.2, -0.15) is 0 Å². The summed E-state index contributed by atoms with van der Waals surface area (Å²) in [5, 5.41) is 2.93. The van der Waals surface area contributed by atoms with E-state index in [-0.39, 0.29) is 23.6 Å². The zero-order valence-electron chi connectivity index (χ0n) is 25.8. The van der Waals surface area contributed by atoms with E-state index in [4.69, 9.17) is 9.47 Å². The van der Waals surface area contributed by atoms with Gasteiger partial charge in [0.05, 0.1) is 41.9 Å². The van der Waals surface area contributed by atoms with Crippen molar-refractivity contribution in [1.82, 2.24) is 14.8 Å². The summed E-state index contributed by atoms with van der Waals surface area (Å²) in [6.45, 7) is 7.81. The van der Waals surface area contributed by atoms with Crippen LogP contribution in [0.2, 0.25) is 0 Å². The number of rotatable bonds is 9. The summed E-state index contributed by atoms with van der Waals surface area (Å²) in [4.78, 5) is 35.5. The van der Waals surface area contributed by atoms with Crippen molar-refractivity contribution < 1.29 is 23.3 Å². The van der Waals surface area contributed by atoms with Crippen LogP contribution in [0, 0.1) is 13.8 Å². The highest BCUT2D eigenvalue weighted by molar-refractivity contribution is 7.84. The molecule has 0 aliphatic carbocycles. The lowest BCUT2D eigenvalue weighted by molar-refractivity contribution is -0.110. The fraction of sp³-hybridized carbons (Fsp3) is 0.412. The van der Waals surface area contributed by atoms with Crippen LogP contribution in [0.1, 0.15) is 64.1 Å². The molecule has 1 unspecified atom stereocenters. The maximum atomic E-state index is 13.9. The lowest BCUT2D eigenvalue weighted by atomic mass is 10.0. The number of carbonyl (C=O) groups is 2. The van der Waals surface area contributed by atoms with Gasteiger partial charge in [-0.25, -0.2) is 0 Å². The second-order valence-electron chi connectivity index (χ2n) is 11.9. The molecule has 2 aromatic carbocycles. The number of hydrogen-bond acceptors (Lipinski definition) is 6. The van der Waals surface area contributed by atoms with Crippen molar-refractivity contribution >= 4 is 40.0 Å². The zero-order chi connectivity index (χ0) is 31.0. The lowest BCUT2D eigenvalue weighted by Crippen LogP contribution is -2.42. The minimum atomic E-state index is -1.38. The maximum Gasteiger partial charge on any atom is 0.256 e. The zero-order valence-corrected chi connectivity index (χ0v) is 26.6. The van der Waals surface area contributed by atoms with Gasteiger partial charge in [0.15, 0.2) is 0 Å². The van der Waals surface area contributed by atoms with Crippen LogP contribution in [0.15, 0.2) is 41.3 Å². The van der Waals surface area contributed by atoms with Crippen LogP contribution in [-0.2, 0) is 21.3 Å². The number of aromatic nitrogens is 1. The number of H-pyrrole nitrogens is 1. The van der Waals surface area contributed by atoms with Gasteiger partial charge in [-0.15, -0.1) is 0 Å². The highest BCUT2D eigenvalue weighted by Gasteiger charge is 2.34. The van der Waals surface area contributed by atoms with Crippen molar-refractivity contribution in [2.75, 3.05) is 45.7 Å². The van der Waals surface area contributed by atoms with Gasteiger partial charge in [0, 0.05) is 52.7 Å². The molecule has 44 heavy (non-hydrogen) atoms. The number of anilines is 1. The van der Waals surface area contributed by atoms with E-state index in [9.17, 15) is 13.8 Å². The summed E-state index contributed by atoms with van der Waals surface area (Å²) >= 11 is 0. The molecule has 3 aromatic rings. The van der Waals surface area contributed by atoms with E-state index in [2.05, 4.69) is 20.1 Å². The SMILES string of the molecule is COc1cc(CS(=O)c2ccc3c(c2)C(=Cc2[nH]c(C)c(C(=O)N4CCC[C@@H]4CN4CCCC4)c2C)C(=O)N3)cc(OC)c1. The second kappa shape index (κ2) is 12.6. The largest absolute Gasteiger partial charge is 0.497 e. The van der Waals surface area contributed by atoms with Crippen molar-refractivity contribution in [2.45, 2.75) is 56.2 Å². The van der Waals surface area contributed by atoms with E-state index in [1.165, 1.54) is 12.8 Å². The number of fused-ring (bicyclic) bond motifs is 1. The Hall–Kier alpha value is -3.89. The fourth-order valence-electron chi connectivity index (χ4n) is 6.72. The number of likely N-dealkylation sites (tertiary alicyclic amines) is 2. The molecule has 232 valence electrons. The summed E-state index contributed by atoms with van der Waals surface area (Å²) in [5.41, 5.74) is 5.70. The van der Waals surface area contributed by atoms with Crippen LogP contribution in [0.25, 0.3) is 11.6 Å². The van der Waals surface area contributed by atoms with Crippen molar-refractivity contribution in [3.63, 3.8) is 0 Å². The molecule has 3 aliphatic rings. The lowest BCUT2D eigenvalue weighted by Gasteiger charge is -2.28. The molecule has 3 aliphatic heterocycles. The molecular formula is C34H40N4O5S. The van der Waals surface area contributed by atoms with Crippen molar-refractivity contribution in [1.29, 1.82) is 0 Å². The molecule has 0 spiro atoms. The van der Waals surface area contributed by atoms with E-state index in [0.717, 1.165) is 61.5 Å². The minimum Gasteiger partial charge on any atom is -0.497 e. The van der Waals surface area contributed by atoms with Gasteiger partial charge in [0.2, 0.25) is 0 Å². The molecule has 4 heterocycles. The average molecular weight is 617 g/mol. The first-order valence-corrected chi connectivity index (χ1v) is 16.6. The third-order valence-corrected chi connectivity index (χ3v) is 10.4. The smallest absolute Gasteiger partial charge is 0.256 e. The first-order valence-electron chi connectivity index (χ1n) is 15.3. The van der Waals surface area contributed by atoms with Crippen molar-refractivity contribution in [3.05, 3.63) is 70.0 Å². The number of nitrogens with one attached hydrogen (secondary N) is 2. The second-order valence-corrected chi connectivity index (χ2v) is 13.3. The number of hydrogen-bond donors (Lipinski definition) is 2. The number of aryl methyl sites for hydroxylation is 1. The Bertz CT molecular complexity index is 1630. The number of amides is 2.